The van der Waals surface area contributed by atoms with Gasteiger partial charge in [0, 0.05) is 31.5 Å². The van der Waals surface area contributed by atoms with Crippen molar-refractivity contribution in [2.24, 2.45) is 0 Å². The van der Waals surface area contributed by atoms with E-state index >= 15 is 0 Å². The number of benzene rings is 2. The first-order valence-electron chi connectivity index (χ1n) is 15.7. The number of carbonyl (C=O) groups excluding carboxylic acids is 2. The fourth-order valence-electron chi connectivity index (χ4n) is 7.12. The Bertz CT molecular complexity index is 1470. The zero-order valence-electron chi connectivity index (χ0n) is 25.0. The molecule has 3 aliphatic heterocycles. The highest BCUT2D eigenvalue weighted by atomic mass is 32.2. The minimum Gasteiger partial charge on any atom is -0.349 e. The Morgan fingerprint density at radius 1 is 1.00 bits per heavy atom. The second-order valence-electron chi connectivity index (χ2n) is 12.5. The van der Waals surface area contributed by atoms with Crippen LogP contribution in [0.15, 0.2) is 59.8 Å². The standard InChI is InChI=1S/C33H43N5O4S/c1-24-9-12-28(13-10-24)43(41,42)38-19-15-34-33(40)31(38)21-32(39)35-30-8-4-6-26-20-25(11-14-29(26)30)22-37-18-5-7-27(37)23-36-16-2-3-17-36/h9-15,19-20,27,30-31H,2-8,16-18,21-23H2,1H3,(H,34,40)(H,35,39)/t27-,30+,31+/m0/s1. The van der Waals surface area contributed by atoms with Crippen LogP contribution < -0.4 is 10.6 Å². The van der Waals surface area contributed by atoms with E-state index in [0.717, 1.165) is 47.8 Å². The highest BCUT2D eigenvalue weighted by Gasteiger charge is 2.37. The van der Waals surface area contributed by atoms with Gasteiger partial charge in [-0.3, -0.25) is 18.8 Å². The Hall–Kier alpha value is -3.21. The summed E-state index contributed by atoms with van der Waals surface area (Å²) >= 11 is 0. The first-order chi connectivity index (χ1) is 20.8. The summed E-state index contributed by atoms with van der Waals surface area (Å²) in [6.07, 6.45) is 10.3. The molecule has 9 nitrogen and oxygen atoms in total. The van der Waals surface area contributed by atoms with Gasteiger partial charge in [0.1, 0.15) is 6.04 Å². The van der Waals surface area contributed by atoms with E-state index in [1.807, 2.05) is 6.92 Å². The van der Waals surface area contributed by atoms with Crippen LogP contribution in [0.1, 0.15) is 73.2 Å². The number of hydrogen-bond donors (Lipinski definition) is 2. The summed E-state index contributed by atoms with van der Waals surface area (Å²) in [7, 11) is -4.02. The van der Waals surface area contributed by atoms with Crippen LogP contribution in [0.2, 0.25) is 0 Å². The zero-order valence-corrected chi connectivity index (χ0v) is 25.8. The normalized spacial score (nSPS) is 24.6. The predicted octanol–water partition coefficient (Wildman–Crippen LogP) is 3.60. The van der Waals surface area contributed by atoms with Crippen LogP contribution in [0.25, 0.3) is 0 Å². The number of nitrogens with one attached hydrogen (secondary N) is 2. The number of likely N-dealkylation sites (tertiary alicyclic amines) is 2. The van der Waals surface area contributed by atoms with E-state index in [0.29, 0.717) is 6.04 Å². The lowest BCUT2D eigenvalue weighted by atomic mass is 9.86. The Morgan fingerprint density at radius 2 is 1.79 bits per heavy atom. The monoisotopic (exact) mass is 605 g/mol. The molecule has 1 aliphatic carbocycles. The van der Waals surface area contributed by atoms with Crippen molar-refractivity contribution in [1.29, 1.82) is 0 Å². The molecule has 6 rings (SSSR count). The van der Waals surface area contributed by atoms with Crippen LogP contribution >= 0.6 is 0 Å². The van der Waals surface area contributed by atoms with Gasteiger partial charge in [0.2, 0.25) is 11.8 Å². The molecule has 2 aromatic carbocycles. The molecule has 3 heterocycles. The maximum Gasteiger partial charge on any atom is 0.264 e. The average Bonchev–Trinajstić information content (AvgIpc) is 3.67. The van der Waals surface area contributed by atoms with Gasteiger partial charge in [-0.15, -0.1) is 0 Å². The van der Waals surface area contributed by atoms with Crippen LogP contribution in [0, 0.1) is 6.92 Å². The van der Waals surface area contributed by atoms with Gasteiger partial charge >= 0.3 is 0 Å². The minimum absolute atomic E-state index is 0.0798. The number of aryl methyl sites for hydroxylation is 2. The summed E-state index contributed by atoms with van der Waals surface area (Å²) in [6, 6.07) is 12.4. The molecule has 230 valence electrons. The molecule has 4 aliphatic rings. The Morgan fingerprint density at radius 3 is 2.58 bits per heavy atom. The molecule has 0 radical (unpaired) electrons. The SMILES string of the molecule is Cc1ccc(S(=O)(=O)N2C=CNC(=O)[C@H]2CC(=O)N[C@@H]2CCCc3cc(CN4CCC[C@H]4CN4CCCC4)ccc32)cc1. The van der Waals surface area contributed by atoms with Crippen molar-refractivity contribution in [2.75, 3.05) is 26.2 Å². The molecule has 0 unspecified atom stereocenters. The first kappa shape index (κ1) is 29.8. The van der Waals surface area contributed by atoms with Crippen LogP contribution in [-0.2, 0) is 32.6 Å². The Kier molecular flexibility index (Phi) is 8.88. The lowest BCUT2D eigenvalue weighted by Crippen LogP contribution is -2.51. The highest BCUT2D eigenvalue weighted by molar-refractivity contribution is 7.89. The number of fused-ring (bicyclic) bond motifs is 1. The third kappa shape index (κ3) is 6.66. The minimum atomic E-state index is -4.02. The molecule has 43 heavy (non-hydrogen) atoms. The highest BCUT2D eigenvalue weighted by Crippen LogP contribution is 2.32. The van der Waals surface area contributed by atoms with Gasteiger partial charge in [0.15, 0.2) is 0 Å². The summed E-state index contributed by atoms with van der Waals surface area (Å²) in [4.78, 5) is 31.5. The fourth-order valence-corrected chi connectivity index (χ4v) is 8.57. The molecule has 3 atom stereocenters. The third-order valence-electron chi connectivity index (χ3n) is 9.44. The van der Waals surface area contributed by atoms with Crippen molar-refractivity contribution in [1.82, 2.24) is 24.7 Å². The van der Waals surface area contributed by atoms with Crippen molar-refractivity contribution in [3.63, 3.8) is 0 Å². The van der Waals surface area contributed by atoms with Crippen molar-refractivity contribution in [3.8, 4) is 0 Å². The predicted molar refractivity (Wildman–Crippen MR) is 165 cm³/mol. The summed E-state index contributed by atoms with van der Waals surface area (Å²) in [5.41, 5.74) is 4.64. The van der Waals surface area contributed by atoms with E-state index in [9.17, 15) is 18.0 Å². The topological polar surface area (TPSA) is 102 Å². The van der Waals surface area contributed by atoms with Gasteiger partial charge in [-0.1, -0.05) is 35.9 Å². The van der Waals surface area contributed by atoms with E-state index in [-0.39, 0.29) is 23.3 Å². The van der Waals surface area contributed by atoms with E-state index in [1.54, 1.807) is 12.1 Å². The van der Waals surface area contributed by atoms with Crippen LogP contribution in [-0.4, -0.2) is 72.6 Å². The number of sulfonamides is 1. The molecule has 2 amide bonds. The Balaban J connectivity index is 1.11. The van der Waals surface area contributed by atoms with Crippen molar-refractivity contribution in [3.05, 3.63) is 77.1 Å². The van der Waals surface area contributed by atoms with Crippen LogP contribution in [0.5, 0.6) is 0 Å². The van der Waals surface area contributed by atoms with Gasteiger partial charge in [-0.05, 0) is 100 Å². The van der Waals surface area contributed by atoms with E-state index in [2.05, 4.69) is 38.6 Å². The van der Waals surface area contributed by atoms with Gasteiger partial charge in [0.05, 0.1) is 17.4 Å². The maximum absolute atomic E-state index is 13.4. The summed E-state index contributed by atoms with van der Waals surface area (Å²) in [5.74, 6) is -0.865. The molecule has 0 spiro atoms. The molecular weight excluding hydrogens is 562 g/mol. The third-order valence-corrected chi connectivity index (χ3v) is 11.2. The number of amides is 2. The largest absolute Gasteiger partial charge is 0.349 e. The van der Waals surface area contributed by atoms with Crippen LogP contribution in [0.4, 0.5) is 0 Å². The summed E-state index contributed by atoms with van der Waals surface area (Å²) < 4.78 is 27.8. The second-order valence-corrected chi connectivity index (χ2v) is 14.4. The number of carbonyl (C=O) groups is 2. The number of nitrogens with zero attached hydrogens (tertiary/aromatic N) is 3. The second kappa shape index (κ2) is 12.8. The van der Waals surface area contributed by atoms with Crippen molar-refractivity contribution >= 4 is 21.8 Å². The van der Waals surface area contributed by atoms with E-state index in [1.165, 1.54) is 81.0 Å². The van der Waals surface area contributed by atoms with E-state index in [4.69, 9.17) is 0 Å². The molecule has 0 aromatic heterocycles. The average molecular weight is 606 g/mol. The van der Waals surface area contributed by atoms with Gasteiger partial charge in [-0.25, -0.2) is 8.42 Å². The molecule has 2 aromatic rings. The fraction of sp³-hybridized carbons (Fsp3) is 0.515. The van der Waals surface area contributed by atoms with Crippen molar-refractivity contribution in [2.45, 2.75) is 87.9 Å². The quantitative estimate of drug-likeness (QED) is 0.453. The smallest absolute Gasteiger partial charge is 0.264 e. The first-order valence-corrected chi connectivity index (χ1v) is 17.2. The Labute approximate surface area is 255 Å². The van der Waals surface area contributed by atoms with E-state index < -0.39 is 22.0 Å². The number of hydrogen-bond acceptors (Lipinski definition) is 6. The lowest BCUT2D eigenvalue weighted by Gasteiger charge is -2.32. The molecule has 0 bridgehead atoms. The zero-order chi connectivity index (χ0) is 30.0. The van der Waals surface area contributed by atoms with Gasteiger partial charge in [0.25, 0.3) is 10.0 Å². The summed E-state index contributed by atoms with van der Waals surface area (Å²) in [5, 5.41) is 5.69. The van der Waals surface area contributed by atoms with Gasteiger partial charge < -0.3 is 15.5 Å². The van der Waals surface area contributed by atoms with Gasteiger partial charge in [-0.2, -0.15) is 0 Å². The molecule has 2 N–H and O–H groups in total. The maximum atomic E-state index is 13.4. The van der Waals surface area contributed by atoms with Crippen LogP contribution in [0.3, 0.4) is 0 Å². The molecule has 10 heteroatoms. The summed E-state index contributed by atoms with van der Waals surface area (Å²) in [6.45, 7) is 7.63. The van der Waals surface area contributed by atoms with Crippen molar-refractivity contribution < 1.29 is 18.0 Å². The lowest BCUT2D eigenvalue weighted by molar-refractivity contribution is -0.129. The molecule has 0 saturated carbocycles. The molecule has 2 fully saturated rings. The molecular formula is C33H43N5O4S. The number of rotatable bonds is 9. The molecule has 2 saturated heterocycles.